The molecule has 0 saturated carbocycles. The zero-order chi connectivity index (χ0) is 13.9. The van der Waals surface area contributed by atoms with Crippen molar-refractivity contribution in [3.05, 3.63) is 33.9 Å². The van der Waals surface area contributed by atoms with Gasteiger partial charge in [-0.25, -0.2) is 0 Å². The van der Waals surface area contributed by atoms with Gasteiger partial charge in [0.2, 0.25) is 9.04 Å². The third kappa shape index (κ3) is 3.81. The SMILES string of the molecule is C[Si](C)ONc1ccc([N+](=O)[O-])cc1C(C)(C)C. The predicted octanol–water partition coefficient (Wildman–Crippen LogP) is 3.49. The quantitative estimate of drug-likeness (QED) is 0.515. The summed E-state index contributed by atoms with van der Waals surface area (Å²) in [5.41, 5.74) is 4.49. The van der Waals surface area contributed by atoms with E-state index < -0.39 is 9.04 Å². The zero-order valence-corrected chi connectivity index (χ0v) is 12.4. The molecule has 5 nitrogen and oxygen atoms in total. The molecule has 0 aliphatic rings. The summed E-state index contributed by atoms with van der Waals surface area (Å²) in [7, 11) is -0.865. The minimum Gasteiger partial charge on any atom is -0.323 e. The van der Waals surface area contributed by atoms with Crippen molar-refractivity contribution in [2.45, 2.75) is 39.3 Å². The first-order valence-corrected chi connectivity index (χ1v) is 8.14. The maximum Gasteiger partial charge on any atom is 0.269 e. The fourth-order valence-corrected chi connectivity index (χ4v) is 1.83. The highest BCUT2D eigenvalue weighted by molar-refractivity contribution is 6.48. The Morgan fingerprint density at radius 3 is 2.39 bits per heavy atom. The topological polar surface area (TPSA) is 64.4 Å². The Morgan fingerprint density at radius 1 is 1.33 bits per heavy atom. The van der Waals surface area contributed by atoms with E-state index in [1.165, 1.54) is 6.07 Å². The van der Waals surface area contributed by atoms with Crippen LogP contribution in [0.4, 0.5) is 11.4 Å². The molecule has 0 bridgehead atoms. The fourth-order valence-electron chi connectivity index (χ4n) is 1.51. The van der Waals surface area contributed by atoms with E-state index in [0.29, 0.717) is 0 Å². The molecule has 6 heteroatoms. The molecule has 0 fully saturated rings. The average molecular weight is 267 g/mol. The molecule has 1 aromatic rings. The normalized spacial score (nSPS) is 11.7. The van der Waals surface area contributed by atoms with E-state index in [4.69, 9.17) is 4.53 Å². The summed E-state index contributed by atoms with van der Waals surface area (Å²) in [4.78, 5) is 10.4. The number of nitrogens with one attached hydrogen (secondary N) is 1. The van der Waals surface area contributed by atoms with Crippen molar-refractivity contribution in [3.63, 3.8) is 0 Å². The molecule has 0 spiro atoms. The van der Waals surface area contributed by atoms with Crippen LogP contribution >= 0.6 is 0 Å². The summed E-state index contributed by atoms with van der Waals surface area (Å²) in [5, 5.41) is 10.8. The molecule has 0 aromatic heterocycles. The Balaban J connectivity index is 3.13. The van der Waals surface area contributed by atoms with Crippen molar-refractivity contribution in [3.8, 4) is 0 Å². The zero-order valence-electron chi connectivity index (χ0n) is 11.4. The van der Waals surface area contributed by atoms with Crippen LogP contribution in [0.25, 0.3) is 0 Å². The van der Waals surface area contributed by atoms with E-state index in [2.05, 4.69) is 5.48 Å². The van der Waals surface area contributed by atoms with Gasteiger partial charge in [0.05, 0.1) is 10.6 Å². The lowest BCUT2D eigenvalue weighted by molar-refractivity contribution is -0.384. The van der Waals surface area contributed by atoms with Gasteiger partial charge in [0.25, 0.3) is 5.69 Å². The van der Waals surface area contributed by atoms with Gasteiger partial charge in [-0.05, 0) is 30.1 Å². The lowest BCUT2D eigenvalue weighted by Crippen LogP contribution is -2.19. The van der Waals surface area contributed by atoms with Gasteiger partial charge in [-0.2, -0.15) is 0 Å². The van der Waals surface area contributed by atoms with Crippen molar-refractivity contribution in [1.82, 2.24) is 0 Å². The van der Waals surface area contributed by atoms with Crippen molar-refractivity contribution < 1.29 is 9.45 Å². The smallest absolute Gasteiger partial charge is 0.269 e. The molecule has 0 aliphatic carbocycles. The van der Waals surface area contributed by atoms with Gasteiger partial charge in [0.1, 0.15) is 0 Å². The van der Waals surface area contributed by atoms with Crippen molar-refractivity contribution >= 4 is 20.4 Å². The molecule has 0 heterocycles. The second kappa shape index (κ2) is 5.49. The second-order valence-electron chi connectivity index (χ2n) is 5.35. The Hall–Kier alpha value is -1.40. The van der Waals surface area contributed by atoms with Gasteiger partial charge in [-0.3, -0.25) is 15.6 Å². The van der Waals surface area contributed by atoms with E-state index in [1.54, 1.807) is 12.1 Å². The first-order valence-electron chi connectivity index (χ1n) is 5.74. The summed E-state index contributed by atoms with van der Waals surface area (Å²) in [5.74, 6) is 0. The van der Waals surface area contributed by atoms with Crippen LogP contribution in [-0.4, -0.2) is 14.0 Å². The largest absolute Gasteiger partial charge is 0.323 e. The monoisotopic (exact) mass is 267 g/mol. The van der Waals surface area contributed by atoms with E-state index in [9.17, 15) is 10.1 Å². The first-order chi connectivity index (χ1) is 8.21. The van der Waals surface area contributed by atoms with E-state index in [1.807, 2.05) is 33.9 Å². The molecule has 0 unspecified atom stereocenters. The molecule has 0 saturated heterocycles. The molecule has 1 rings (SSSR count). The Kier molecular flexibility index (Phi) is 4.47. The second-order valence-corrected chi connectivity index (χ2v) is 7.37. The van der Waals surface area contributed by atoms with Gasteiger partial charge in [-0.1, -0.05) is 20.8 Å². The number of nitrogens with zero attached hydrogens (tertiary/aromatic N) is 1. The standard InChI is InChI=1S/C12H19N2O3Si/c1-12(2,3)10-8-9(14(15)16)6-7-11(10)13-17-18(4)5/h6-8,13H,1-5H3. The lowest BCUT2D eigenvalue weighted by Gasteiger charge is -2.23. The first kappa shape index (κ1) is 14.7. The third-order valence-electron chi connectivity index (χ3n) is 2.39. The predicted molar refractivity (Wildman–Crippen MR) is 74.0 cm³/mol. The number of nitro groups is 1. The number of rotatable bonds is 4. The van der Waals surface area contributed by atoms with Crippen LogP contribution in [0.2, 0.25) is 13.1 Å². The molecule has 0 aliphatic heterocycles. The molecule has 1 N–H and O–H groups in total. The van der Waals surface area contributed by atoms with Gasteiger partial charge < -0.3 is 4.53 Å². The molecule has 1 aromatic carbocycles. The summed E-state index contributed by atoms with van der Waals surface area (Å²) < 4.78 is 5.45. The van der Waals surface area contributed by atoms with Crippen molar-refractivity contribution in [2.24, 2.45) is 0 Å². The fraction of sp³-hybridized carbons (Fsp3) is 0.500. The molecule has 18 heavy (non-hydrogen) atoms. The highest BCUT2D eigenvalue weighted by Gasteiger charge is 2.21. The number of hydrogen-bond acceptors (Lipinski definition) is 4. The molecular weight excluding hydrogens is 248 g/mol. The van der Waals surface area contributed by atoms with E-state index in [-0.39, 0.29) is 16.0 Å². The number of non-ortho nitro benzene ring substituents is 1. The summed E-state index contributed by atoms with van der Waals surface area (Å²) >= 11 is 0. The van der Waals surface area contributed by atoms with E-state index in [0.717, 1.165) is 11.3 Å². The van der Waals surface area contributed by atoms with Crippen molar-refractivity contribution in [1.29, 1.82) is 0 Å². The van der Waals surface area contributed by atoms with Crippen molar-refractivity contribution in [2.75, 3.05) is 5.48 Å². The number of anilines is 1. The van der Waals surface area contributed by atoms with Crippen LogP contribution in [-0.2, 0) is 9.94 Å². The van der Waals surface area contributed by atoms with Crippen LogP contribution in [0.1, 0.15) is 26.3 Å². The van der Waals surface area contributed by atoms with Crippen LogP contribution < -0.4 is 5.48 Å². The number of nitro benzene ring substituents is 1. The van der Waals surface area contributed by atoms with Gasteiger partial charge in [0, 0.05) is 12.1 Å². The maximum absolute atomic E-state index is 10.8. The Bertz CT molecular complexity index is 441. The Labute approximate surface area is 109 Å². The molecular formula is C12H19N2O3Si. The number of benzene rings is 1. The molecule has 0 atom stereocenters. The highest BCUT2D eigenvalue weighted by Crippen LogP contribution is 2.32. The molecule has 99 valence electrons. The number of hydrogen-bond donors (Lipinski definition) is 1. The third-order valence-corrected chi connectivity index (χ3v) is 2.90. The minimum absolute atomic E-state index is 0.101. The van der Waals surface area contributed by atoms with Crippen LogP contribution in [0.5, 0.6) is 0 Å². The lowest BCUT2D eigenvalue weighted by atomic mass is 9.85. The van der Waals surface area contributed by atoms with Crippen LogP contribution in [0.3, 0.4) is 0 Å². The summed E-state index contributed by atoms with van der Waals surface area (Å²) in [6.45, 7) is 10.1. The maximum atomic E-state index is 10.8. The van der Waals surface area contributed by atoms with Gasteiger partial charge in [0.15, 0.2) is 0 Å². The highest BCUT2D eigenvalue weighted by atomic mass is 28.3. The summed E-state index contributed by atoms with van der Waals surface area (Å²) in [6, 6.07) is 4.78. The van der Waals surface area contributed by atoms with Crippen LogP contribution in [0.15, 0.2) is 18.2 Å². The van der Waals surface area contributed by atoms with Crippen LogP contribution in [0, 0.1) is 10.1 Å². The van der Waals surface area contributed by atoms with Gasteiger partial charge in [-0.15, -0.1) is 0 Å². The summed E-state index contributed by atoms with van der Waals surface area (Å²) in [6.07, 6.45) is 0. The van der Waals surface area contributed by atoms with E-state index >= 15 is 0 Å². The minimum atomic E-state index is -0.865. The van der Waals surface area contributed by atoms with Gasteiger partial charge >= 0.3 is 0 Å². The average Bonchev–Trinajstić information content (AvgIpc) is 2.24. The molecule has 1 radical (unpaired) electrons. The Morgan fingerprint density at radius 2 is 1.94 bits per heavy atom. The molecule has 0 amide bonds.